The summed E-state index contributed by atoms with van der Waals surface area (Å²) in [5.41, 5.74) is 10.8. The topological polar surface area (TPSA) is 80.6 Å². The minimum Gasteiger partial charge on any atom is -0.383 e. The molecule has 0 amide bonds. The van der Waals surface area contributed by atoms with Crippen molar-refractivity contribution in [2.45, 2.75) is 19.8 Å². The molecule has 0 saturated heterocycles. The lowest BCUT2D eigenvalue weighted by Gasteiger charge is -2.08. The van der Waals surface area contributed by atoms with Crippen LogP contribution in [0.2, 0.25) is 0 Å². The van der Waals surface area contributed by atoms with Gasteiger partial charge in [-0.05, 0) is 24.6 Å². The average Bonchev–Trinajstić information content (AvgIpc) is 3.41. The Labute approximate surface area is 165 Å². The van der Waals surface area contributed by atoms with Gasteiger partial charge in [0.1, 0.15) is 10.8 Å². The Hall–Kier alpha value is -2.77. The zero-order valence-corrected chi connectivity index (χ0v) is 16.5. The Bertz CT molecular complexity index is 1070. The fourth-order valence-corrected chi connectivity index (χ4v) is 4.61. The zero-order valence-electron chi connectivity index (χ0n) is 14.8. The Morgan fingerprint density at radius 1 is 1.19 bits per heavy atom. The largest absolute Gasteiger partial charge is 0.383 e. The number of thiazole rings is 1. The molecule has 0 radical (unpaired) electrons. The molecule has 0 fully saturated rings. The van der Waals surface area contributed by atoms with Crippen LogP contribution in [0, 0.1) is 5.41 Å². The van der Waals surface area contributed by atoms with E-state index in [1.54, 1.807) is 11.3 Å². The normalized spacial score (nSPS) is 11.0. The Morgan fingerprint density at radius 2 is 2.00 bits per heavy atom. The summed E-state index contributed by atoms with van der Waals surface area (Å²) in [5, 5.41) is 17.2. The van der Waals surface area contributed by atoms with E-state index in [0.717, 1.165) is 45.2 Å². The molecule has 0 saturated carbocycles. The van der Waals surface area contributed by atoms with E-state index in [-0.39, 0.29) is 5.84 Å². The van der Waals surface area contributed by atoms with Crippen LogP contribution in [0.25, 0.3) is 27.5 Å². The molecule has 3 aromatic heterocycles. The number of para-hydroxylation sites is 1. The van der Waals surface area contributed by atoms with Crippen LogP contribution in [0.3, 0.4) is 0 Å². The van der Waals surface area contributed by atoms with Crippen LogP contribution >= 0.6 is 22.7 Å². The van der Waals surface area contributed by atoms with E-state index in [4.69, 9.17) is 16.1 Å². The maximum Gasteiger partial charge on any atom is 0.133 e. The number of aromatic nitrogens is 3. The maximum atomic E-state index is 7.57. The van der Waals surface area contributed by atoms with Gasteiger partial charge < -0.3 is 5.73 Å². The maximum absolute atomic E-state index is 7.57. The van der Waals surface area contributed by atoms with Gasteiger partial charge in [0, 0.05) is 21.9 Å². The molecule has 4 aromatic rings. The van der Waals surface area contributed by atoms with Gasteiger partial charge in [-0.3, -0.25) is 5.41 Å². The van der Waals surface area contributed by atoms with Crippen LogP contribution in [0.15, 0.2) is 53.4 Å². The lowest BCUT2D eigenvalue weighted by molar-refractivity contribution is 0.776. The van der Waals surface area contributed by atoms with E-state index in [1.807, 2.05) is 40.5 Å². The molecule has 0 aliphatic heterocycles. The number of hydrogen-bond donors (Lipinski definition) is 2. The van der Waals surface area contributed by atoms with Crippen LogP contribution in [0.5, 0.6) is 0 Å². The number of nitrogens with two attached hydrogens (primary N) is 1. The fraction of sp³-hybridized carbons (Fsp3) is 0.150. The first-order valence-electron chi connectivity index (χ1n) is 8.69. The Balaban J connectivity index is 1.72. The van der Waals surface area contributed by atoms with Crippen molar-refractivity contribution in [2.75, 3.05) is 0 Å². The molecule has 0 spiro atoms. The van der Waals surface area contributed by atoms with Crippen molar-refractivity contribution in [3.05, 3.63) is 63.9 Å². The molecule has 0 bridgehead atoms. The lowest BCUT2D eigenvalue weighted by atomic mass is 10.1. The highest BCUT2D eigenvalue weighted by atomic mass is 32.1. The van der Waals surface area contributed by atoms with E-state index in [0.29, 0.717) is 0 Å². The van der Waals surface area contributed by atoms with Gasteiger partial charge in [-0.15, -0.1) is 22.7 Å². The summed E-state index contributed by atoms with van der Waals surface area (Å²) >= 11 is 3.07. The van der Waals surface area contributed by atoms with Crippen molar-refractivity contribution >= 4 is 28.5 Å². The van der Waals surface area contributed by atoms with Crippen molar-refractivity contribution in [2.24, 2.45) is 5.73 Å². The predicted octanol–water partition coefficient (Wildman–Crippen LogP) is 4.96. The molecule has 1 aromatic carbocycles. The SMILES string of the molecule is CCCc1c(-c2csc(-c3csc(C(=N)N)c3)n2)cnn1-c1ccccc1. The number of hydrogen-bond acceptors (Lipinski definition) is 5. The summed E-state index contributed by atoms with van der Waals surface area (Å²) in [4.78, 5) is 5.60. The molecule has 136 valence electrons. The number of thiophene rings is 1. The smallest absolute Gasteiger partial charge is 0.133 e. The molecule has 27 heavy (non-hydrogen) atoms. The van der Waals surface area contributed by atoms with E-state index in [2.05, 4.69) is 29.5 Å². The minimum atomic E-state index is 0.0948. The van der Waals surface area contributed by atoms with Gasteiger partial charge in [-0.2, -0.15) is 5.10 Å². The number of rotatable bonds is 6. The molecule has 3 N–H and O–H groups in total. The van der Waals surface area contributed by atoms with E-state index in [9.17, 15) is 0 Å². The predicted molar refractivity (Wildman–Crippen MR) is 113 cm³/mol. The monoisotopic (exact) mass is 393 g/mol. The Kier molecular flexibility index (Phi) is 4.87. The van der Waals surface area contributed by atoms with Crippen LogP contribution in [-0.4, -0.2) is 20.6 Å². The van der Waals surface area contributed by atoms with Crippen molar-refractivity contribution in [3.63, 3.8) is 0 Å². The molecule has 0 unspecified atom stereocenters. The third-order valence-corrected chi connectivity index (χ3v) is 6.10. The molecule has 0 atom stereocenters. The molecular formula is C20H19N5S2. The third-order valence-electron chi connectivity index (χ3n) is 4.25. The quantitative estimate of drug-likeness (QED) is 0.359. The lowest BCUT2D eigenvalue weighted by Crippen LogP contribution is -2.08. The first-order valence-corrected chi connectivity index (χ1v) is 10.4. The van der Waals surface area contributed by atoms with E-state index < -0.39 is 0 Å². The number of benzene rings is 1. The third kappa shape index (κ3) is 3.43. The van der Waals surface area contributed by atoms with Crippen molar-refractivity contribution in [1.82, 2.24) is 14.8 Å². The summed E-state index contributed by atoms with van der Waals surface area (Å²) in [5.74, 6) is 0.0948. The van der Waals surface area contributed by atoms with Gasteiger partial charge in [0.05, 0.1) is 28.1 Å². The van der Waals surface area contributed by atoms with Gasteiger partial charge in [0.2, 0.25) is 0 Å². The molecule has 4 rings (SSSR count). The number of nitrogen functional groups attached to an aromatic ring is 1. The van der Waals surface area contributed by atoms with Gasteiger partial charge in [0.15, 0.2) is 0 Å². The molecule has 5 nitrogen and oxygen atoms in total. The second kappa shape index (κ2) is 7.46. The highest BCUT2D eigenvalue weighted by Crippen LogP contribution is 2.33. The van der Waals surface area contributed by atoms with Gasteiger partial charge in [0.25, 0.3) is 0 Å². The summed E-state index contributed by atoms with van der Waals surface area (Å²) in [6.07, 6.45) is 3.88. The zero-order chi connectivity index (χ0) is 18.8. The molecule has 0 aliphatic rings. The number of nitrogens with one attached hydrogen (secondary N) is 1. The van der Waals surface area contributed by atoms with Crippen molar-refractivity contribution < 1.29 is 0 Å². The van der Waals surface area contributed by atoms with Crippen LogP contribution in [0.4, 0.5) is 0 Å². The first kappa shape index (κ1) is 17.6. The Morgan fingerprint density at radius 3 is 2.70 bits per heavy atom. The summed E-state index contributed by atoms with van der Waals surface area (Å²) in [6, 6.07) is 12.1. The molecule has 3 heterocycles. The number of amidine groups is 1. The van der Waals surface area contributed by atoms with Crippen LogP contribution in [0.1, 0.15) is 23.9 Å². The van der Waals surface area contributed by atoms with Crippen LogP contribution < -0.4 is 5.73 Å². The van der Waals surface area contributed by atoms with E-state index >= 15 is 0 Å². The van der Waals surface area contributed by atoms with Crippen molar-refractivity contribution in [1.29, 1.82) is 5.41 Å². The van der Waals surface area contributed by atoms with Gasteiger partial charge in [-0.25, -0.2) is 9.67 Å². The highest BCUT2D eigenvalue weighted by Gasteiger charge is 2.17. The molecular weight excluding hydrogens is 374 g/mol. The summed E-state index contributed by atoms with van der Waals surface area (Å²) in [7, 11) is 0. The highest BCUT2D eigenvalue weighted by molar-refractivity contribution is 7.15. The standard InChI is InChI=1S/C20H19N5S2/c1-2-6-17-15(10-23-25(17)14-7-4-3-5-8-14)16-12-27-20(24-16)13-9-18(19(21)22)26-11-13/h3-5,7-12H,2,6H2,1H3,(H3,21,22). The second-order valence-electron chi connectivity index (χ2n) is 6.15. The first-order chi connectivity index (χ1) is 13.2. The van der Waals surface area contributed by atoms with Crippen molar-refractivity contribution in [3.8, 4) is 27.5 Å². The van der Waals surface area contributed by atoms with Gasteiger partial charge in [-0.1, -0.05) is 31.5 Å². The molecule has 7 heteroatoms. The molecule has 0 aliphatic carbocycles. The minimum absolute atomic E-state index is 0.0948. The summed E-state index contributed by atoms with van der Waals surface area (Å²) in [6.45, 7) is 2.17. The second-order valence-corrected chi connectivity index (χ2v) is 7.92. The fourth-order valence-electron chi connectivity index (χ4n) is 2.98. The van der Waals surface area contributed by atoms with Gasteiger partial charge >= 0.3 is 0 Å². The number of nitrogens with zero attached hydrogens (tertiary/aromatic N) is 3. The average molecular weight is 394 g/mol. The van der Waals surface area contributed by atoms with E-state index in [1.165, 1.54) is 17.0 Å². The van der Waals surface area contributed by atoms with Crippen LogP contribution in [-0.2, 0) is 6.42 Å². The summed E-state index contributed by atoms with van der Waals surface area (Å²) < 4.78 is 2.01.